The number of fused-ring (bicyclic) bond motifs is 2. The average molecular weight is 484 g/mol. The van der Waals surface area contributed by atoms with E-state index in [1.165, 1.54) is 29.4 Å². The van der Waals surface area contributed by atoms with Crippen molar-refractivity contribution in [2.45, 2.75) is 19.4 Å². The van der Waals surface area contributed by atoms with Gasteiger partial charge in [-0.05, 0) is 36.8 Å². The van der Waals surface area contributed by atoms with E-state index in [0.29, 0.717) is 45.0 Å². The van der Waals surface area contributed by atoms with Gasteiger partial charge in [-0.3, -0.25) is 9.36 Å². The number of halogens is 3. The summed E-state index contributed by atoms with van der Waals surface area (Å²) in [6.07, 6.45) is 3.45. The molecule has 3 aromatic heterocycles. The van der Waals surface area contributed by atoms with Crippen LogP contribution >= 0.6 is 23.2 Å². The van der Waals surface area contributed by atoms with E-state index in [4.69, 9.17) is 23.2 Å². The number of H-pyrrole nitrogens is 1. The van der Waals surface area contributed by atoms with Crippen LogP contribution in [-0.4, -0.2) is 29.5 Å². The van der Waals surface area contributed by atoms with Crippen LogP contribution < -0.4 is 10.9 Å². The molecule has 166 valence electrons. The Morgan fingerprint density at radius 1 is 1.15 bits per heavy atom. The van der Waals surface area contributed by atoms with Crippen molar-refractivity contribution in [3.63, 3.8) is 0 Å². The molecular weight excluding hydrogens is 468 g/mol. The van der Waals surface area contributed by atoms with E-state index in [2.05, 4.69) is 30.2 Å². The van der Waals surface area contributed by atoms with Crippen LogP contribution in [-0.2, 0) is 0 Å². The van der Waals surface area contributed by atoms with Gasteiger partial charge in [-0.25, -0.2) is 24.3 Å². The number of nitrogens with one attached hydrogen (secondary N) is 2. The quantitative estimate of drug-likeness (QED) is 0.362. The highest BCUT2D eigenvalue weighted by molar-refractivity contribution is 6.34. The number of benzene rings is 2. The molecule has 0 aliphatic heterocycles. The molecule has 0 amide bonds. The number of hydrogen-bond donors (Lipinski definition) is 2. The van der Waals surface area contributed by atoms with Gasteiger partial charge in [0, 0.05) is 10.0 Å². The first kappa shape index (κ1) is 21.3. The van der Waals surface area contributed by atoms with Crippen molar-refractivity contribution in [3.05, 3.63) is 81.1 Å². The molecule has 1 atom stereocenters. The van der Waals surface area contributed by atoms with Gasteiger partial charge < -0.3 is 10.3 Å². The van der Waals surface area contributed by atoms with E-state index in [1.54, 1.807) is 24.3 Å². The summed E-state index contributed by atoms with van der Waals surface area (Å²) in [5.41, 5.74) is 1.15. The van der Waals surface area contributed by atoms with Crippen LogP contribution in [0.1, 0.15) is 25.2 Å². The molecular formula is C22H16Cl2FN7O. The van der Waals surface area contributed by atoms with Crippen molar-refractivity contribution < 1.29 is 4.39 Å². The van der Waals surface area contributed by atoms with E-state index in [0.717, 1.165) is 0 Å². The summed E-state index contributed by atoms with van der Waals surface area (Å²) in [5, 5.41) is 3.85. The zero-order chi connectivity index (χ0) is 23.1. The maximum absolute atomic E-state index is 14.7. The lowest BCUT2D eigenvalue weighted by molar-refractivity contribution is 0.630. The third kappa shape index (κ3) is 3.79. The zero-order valence-corrected chi connectivity index (χ0v) is 18.7. The van der Waals surface area contributed by atoms with Crippen LogP contribution in [0.15, 0.2) is 53.8 Å². The lowest BCUT2D eigenvalue weighted by Gasteiger charge is -2.22. The molecule has 0 aliphatic rings. The highest BCUT2D eigenvalue weighted by Crippen LogP contribution is 2.28. The minimum atomic E-state index is -0.659. The molecule has 0 spiro atoms. The number of aromatic nitrogens is 6. The number of nitrogens with zero attached hydrogens (tertiary/aromatic N) is 5. The predicted molar refractivity (Wildman–Crippen MR) is 126 cm³/mol. The van der Waals surface area contributed by atoms with Crippen molar-refractivity contribution in [2.24, 2.45) is 0 Å². The Balaban J connectivity index is 1.76. The minimum Gasteiger partial charge on any atom is -0.358 e. The Bertz CT molecular complexity index is 1550. The second kappa shape index (κ2) is 8.42. The van der Waals surface area contributed by atoms with Crippen LogP contribution in [0, 0.1) is 5.82 Å². The molecule has 0 unspecified atom stereocenters. The van der Waals surface area contributed by atoms with Crippen molar-refractivity contribution in [1.29, 1.82) is 0 Å². The van der Waals surface area contributed by atoms with E-state index < -0.39 is 17.4 Å². The smallest absolute Gasteiger partial charge is 0.269 e. The Morgan fingerprint density at radius 2 is 1.94 bits per heavy atom. The van der Waals surface area contributed by atoms with Gasteiger partial charge in [0.15, 0.2) is 11.5 Å². The van der Waals surface area contributed by atoms with Crippen molar-refractivity contribution in [2.75, 3.05) is 5.32 Å². The average Bonchev–Trinajstić information content (AvgIpc) is 3.26. The molecule has 0 radical (unpaired) electrons. The highest BCUT2D eigenvalue weighted by Gasteiger charge is 2.23. The minimum absolute atomic E-state index is 0.121. The number of aromatic amines is 1. The summed E-state index contributed by atoms with van der Waals surface area (Å²) < 4.78 is 16.0. The molecule has 0 bridgehead atoms. The fraction of sp³-hybridized carbons (Fsp3) is 0.136. The monoisotopic (exact) mass is 483 g/mol. The molecule has 5 rings (SSSR count). The van der Waals surface area contributed by atoms with E-state index in [1.807, 2.05) is 6.92 Å². The molecule has 5 aromatic rings. The van der Waals surface area contributed by atoms with Gasteiger partial charge in [0.2, 0.25) is 0 Å². The molecule has 0 fully saturated rings. The maximum Gasteiger partial charge on any atom is 0.269 e. The molecule has 0 aliphatic carbocycles. The number of hydrogen-bond acceptors (Lipinski definition) is 6. The molecule has 0 saturated carbocycles. The van der Waals surface area contributed by atoms with Crippen LogP contribution in [0.2, 0.25) is 10.0 Å². The second-order valence-corrected chi connectivity index (χ2v) is 8.17. The van der Waals surface area contributed by atoms with Gasteiger partial charge in [0.25, 0.3) is 5.56 Å². The van der Waals surface area contributed by atoms with Crippen molar-refractivity contribution in [1.82, 2.24) is 29.5 Å². The fourth-order valence-corrected chi connectivity index (χ4v) is 4.26. The standard InChI is InChI=1S/C22H16Cl2FN7O/c1-2-15(30-20-18-19(27-9-26-18)28-10-29-20)21-31-16-5-3-4-14(25)17(16)22(33)32(21)13-7-11(23)6-12(24)8-13/h3-10,15H,2H2,1H3,(H2,26,27,28,29,30)/t15-/m0/s1. The predicted octanol–water partition coefficient (Wildman–Crippen LogP) is 5.06. The number of imidazole rings is 1. The fourth-order valence-electron chi connectivity index (χ4n) is 3.74. The van der Waals surface area contributed by atoms with Crippen molar-refractivity contribution in [3.8, 4) is 5.69 Å². The lowest BCUT2D eigenvalue weighted by Crippen LogP contribution is -2.29. The summed E-state index contributed by atoms with van der Waals surface area (Å²) in [5.74, 6) is 0.159. The zero-order valence-electron chi connectivity index (χ0n) is 17.2. The molecule has 3 heterocycles. The van der Waals surface area contributed by atoms with Crippen LogP contribution in [0.4, 0.5) is 10.2 Å². The van der Waals surface area contributed by atoms with Gasteiger partial charge in [-0.1, -0.05) is 36.2 Å². The Kier molecular flexibility index (Phi) is 5.43. The van der Waals surface area contributed by atoms with Gasteiger partial charge in [-0.2, -0.15) is 0 Å². The summed E-state index contributed by atoms with van der Waals surface area (Å²) in [6.45, 7) is 1.93. The first-order chi connectivity index (χ1) is 16.0. The lowest BCUT2D eigenvalue weighted by atomic mass is 10.1. The summed E-state index contributed by atoms with van der Waals surface area (Å²) in [6, 6.07) is 8.56. The normalized spacial score (nSPS) is 12.4. The summed E-state index contributed by atoms with van der Waals surface area (Å²) in [4.78, 5) is 33.9. The van der Waals surface area contributed by atoms with Crippen LogP contribution in [0.3, 0.4) is 0 Å². The molecule has 2 N–H and O–H groups in total. The van der Waals surface area contributed by atoms with Crippen LogP contribution in [0.25, 0.3) is 27.8 Å². The SMILES string of the molecule is CC[C@H](Nc1ncnc2[nH]cnc12)c1nc2cccc(F)c2c(=O)n1-c1cc(Cl)cc(Cl)c1. The van der Waals surface area contributed by atoms with Crippen LogP contribution in [0.5, 0.6) is 0 Å². The topological polar surface area (TPSA) is 101 Å². The first-order valence-electron chi connectivity index (χ1n) is 10.0. The Hall–Kier alpha value is -3.56. The highest BCUT2D eigenvalue weighted by atomic mass is 35.5. The van der Waals surface area contributed by atoms with Crippen molar-refractivity contribution >= 4 is 51.1 Å². The van der Waals surface area contributed by atoms with Gasteiger partial charge >= 0.3 is 0 Å². The van der Waals surface area contributed by atoms with E-state index in [9.17, 15) is 9.18 Å². The van der Waals surface area contributed by atoms with Gasteiger partial charge in [-0.15, -0.1) is 0 Å². The number of rotatable bonds is 5. The molecule has 2 aromatic carbocycles. The maximum atomic E-state index is 14.7. The third-order valence-corrected chi connectivity index (χ3v) is 5.66. The summed E-state index contributed by atoms with van der Waals surface area (Å²) >= 11 is 12.4. The third-order valence-electron chi connectivity index (χ3n) is 5.23. The van der Waals surface area contributed by atoms with Gasteiger partial charge in [0.1, 0.15) is 28.9 Å². The number of anilines is 1. The summed E-state index contributed by atoms with van der Waals surface area (Å²) in [7, 11) is 0. The van der Waals surface area contributed by atoms with E-state index in [-0.39, 0.29) is 10.9 Å². The van der Waals surface area contributed by atoms with Gasteiger partial charge in [0.05, 0.1) is 23.6 Å². The molecule has 33 heavy (non-hydrogen) atoms. The Labute approximate surface area is 196 Å². The molecule has 8 nitrogen and oxygen atoms in total. The molecule has 11 heteroatoms. The second-order valence-electron chi connectivity index (χ2n) is 7.30. The van der Waals surface area contributed by atoms with E-state index >= 15 is 0 Å². The Morgan fingerprint density at radius 3 is 2.70 bits per heavy atom. The largest absolute Gasteiger partial charge is 0.358 e. The first-order valence-corrected chi connectivity index (χ1v) is 10.8. The molecule has 0 saturated heterocycles.